The molecule has 1 aliphatic heterocycles. The van der Waals surface area contributed by atoms with Gasteiger partial charge in [0.25, 0.3) is 10.0 Å². The van der Waals surface area contributed by atoms with Crippen molar-refractivity contribution in [2.45, 2.75) is 24.2 Å². The lowest BCUT2D eigenvalue weighted by molar-refractivity contribution is 0.270. The van der Waals surface area contributed by atoms with Crippen molar-refractivity contribution < 1.29 is 17.5 Å². The normalized spacial score (nSPS) is 17.9. The highest BCUT2D eigenvalue weighted by atomic mass is 32.2. The number of rotatable bonds is 3. The molecule has 0 saturated carbocycles. The highest BCUT2D eigenvalue weighted by Crippen LogP contribution is 2.36. The van der Waals surface area contributed by atoms with E-state index in [2.05, 4.69) is 9.71 Å². The molecule has 5 nitrogen and oxygen atoms in total. The first-order valence-electron chi connectivity index (χ1n) is 6.36. The van der Waals surface area contributed by atoms with Crippen molar-refractivity contribution in [3.8, 4) is 5.75 Å². The van der Waals surface area contributed by atoms with Crippen LogP contribution in [-0.2, 0) is 10.0 Å². The lowest BCUT2D eigenvalue weighted by atomic mass is 9.95. The Kier molecular flexibility index (Phi) is 3.58. The second-order valence-corrected chi connectivity index (χ2v) is 7.35. The maximum absolute atomic E-state index is 14.2. The Labute approximate surface area is 125 Å². The van der Waals surface area contributed by atoms with Crippen molar-refractivity contribution in [1.82, 2.24) is 4.98 Å². The maximum Gasteiger partial charge on any atom is 0.266 e. The number of anilines is 1. The lowest BCUT2D eigenvalue weighted by Gasteiger charge is -2.23. The molecule has 2 heterocycles. The Bertz CT molecular complexity index is 760. The van der Waals surface area contributed by atoms with E-state index in [1.807, 2.05) is 6.92 Å². The summed E-state index contributed by atoms with van der Waals surface area (Å²) in [4.78, 5) is 3.41. The van der Waals surface area contributed by atoms with E-state index in [1.54, 1.807) is 5.38 Å². The SMILES string of the molecule is C[C@@H]1CCOc2cc(S(=O)(=O)Nc3nccs3)c(F)cc21. The standard InChI is InChI=1S/C13H13FN2O3S2/c1-8-2-4-19-11-7-12(10(14)6-9(8)11)21(17,18)16-13-15-3-5-20-13/h3,5-8H,2,4H2,1H3,(H,15,16)/t8-/m1/s1. The van der Waals surface area contributed by atoms with Gasteiger partial charge in [-0.05, 0) is 18.4 Å². The molecule has 0 unspecified atom stereocenters. The topological polar surface area (TPSA) is 68.3 Å². The summed E-state index contributed by atoms with van der Waals surface area (Å²) in [6, 6.07) is 2.49. The maximum atomic E-state index is 14.2. The van der Waals surface area contributed by atoms with Gasteiger partial charge in [0.15, 0.2) is 5.13 Å². The van der Waals surface area contributed by atoms with Crippen LogP contribution in [-0.4, -0.2) is 20.0 Å². The number of nitrogens with one attached hydrogen (secondary N) is 1. The molecule has 2 aromatic rings. The van der Waals surface area contributed by atoms with Gasteiger partial charge in [-0.15, -0.1) is 11.3 Å². The van der Waals surface area contributed by atoms with E-state index in [1.165, 1.54) is 18.3 Å². The van der Waals surface area contributed by atoms with Gasteiger partial charge in [0.05, 0.1) is 6.61 Å². The van der Waals surface area contributed by atoms with Crippen molar-refractivity contribution >= 4 is 26.5 Å². The quantitative estimate of drug-likeness (QED) is 0.940. The average molecular weight is 328 g/mol. The number of ether oxygens (including phenoxy) is 1. The van der Waals surface area contributed by atoms with Crippen LogP contribution in [0.1, 0.15) is 24.8 Å². The number of nitrogens with zero attached hydrogens (tertiary/aromatic N) is 1. The van der Waals surface area contributed by atoms with Crippen LogP contribution in [0.15, 0.2) is 28.6 Å². The third-order valence-corrected chi connectivity index (χ3v) is 5.52. The predicted molar refractivity (Wildman–Crippen MR) is 77.8 cm³/mol. The second-order valence-electron chi connectivity index (χ2n) is 4.80. The molecule has 1 N–H and O–H groups in total. The number of thiazole rings is 1. The first-order chi connectivity index (χ1) is 9.97. The molecule has 1 aliphatic rings. The van der Waals surface area contributed by atoms with Crippen LogP contribution in [0.5, 0.6) is 5.75 Å². The van der Waals surface area contributed by atoms with Gasteiger partial charge in [-0.25, -0.2) is 17.8 Å². The fourth-order valence-electron chi connectivity index (χ4n) is 2.21. The van der Waals surface area contributed by atoms with Gasteiger partial charge in [0.2, 0.25) is 0 Å². The fourth-order valence-corrected chi connectivity index (χ4v) is 4.08. The predicted octanol–water partition coefficient (Wildman–Crippen LogP) is 2.97. The van der Waals surface area contributed by atoms with Crippen molar-refractivity contribution in [2.24, 2.45) is 0 Å². The zero-order valence-electron chi connectivity index (χ0n) is 11.2. The van der Waals surface area contributed by atoms with Crippen LogP contribution in [0.2, 0.25) is 0 Å². The number of halogens is 1. The summed E-state index contributed by atoms with van der Waals surface area (Å²) in [6.45, 7) is 2.46. The first-order valence-corrected chi connectivity index (χ1v) is 8.72. The van der Waals surface area contributed by atoms with Crippen molar-refractivity contribution in [2.75, 3.05) is 11.3 Å². The third-order valence-electron chi connectivity index (χ3n) is 3.35. The molecule has 0 spiro atoms. The average Bonchev–Trinajstić information content (AvgIpc) is 2.91. The van der Waals surface area contributed by atoms with Crippen LogP contribution >= 0.6 is 11.3 Å². The molecule has 0 aliphatic carbocycles. The van der Waals surface area contributed by atoms with Gasteiger partial charge in [-0.1, -0.05) is 6.92 Å². The molecule has 0 bridgehead atoms. The summed E-state index contributed by atoms with van der Waals surface area (Å²) in [5.74, 6) is -0.211. The fraction of sp³-hybridized carbons (Fsp3) is 0.308. The minimum Gasteiger partial charge on any atom is -0.493 e. The van der Waals surface area contributed by atoms with Gasteiger partial charge in [-0.3, -0.25) is 4.72 Å². The zero-order valence-corrected chi connectivity index (χ0v) is 12.8. The molecular formula is C13H13FN2O3S2. The number of hydrogen-bond acceptors (Lipinski definition) is 5. The Hall–Kier alpha value is -1.67. The number of hydrogen-bond donors (Lipinski definition) is 1. The van der Waals surface area contributed by atoms with E-state index >= 15 is 0 Å². The van der Waals surface area contributed by atoms with Crippen LogP contribution in [0.4, 0.5) is 9.52 Å². The molecule has 0 amide bonds. The van der Waals surface area contributed by atoms with E-state index in [4.69, 9.17) is 4.74 Å². The van der Waals surface area contributed by atoms with Gasteiger partial charge in [-0.2, -0.15) is 0 Å². The van der Waals surface area contributed by atoms with Crippen molar-refractivity contribution in [3.05, 3.63) is 35.1 Å². The molecule has 21 heavy (non-hydrogen) atoms. The Morgan fingerprint density at radius 2 is 2.29 bits per heavy atom. The molecule has 0 radical (unpaired) electrons. The van der Waals surface area contributed by atoms with Crippen LogP contribution in [0.25, 0.3) is 0 Å². The summed E-state index contributed by atoms with van der Waals surface area (Å²) in [7, 11) is -4.02. The first kappa shape index (κ1) is 14.3. The highest BCUT2D eigenvalue weighted by molar-refractivity contribution is 7.93. The smallest absolute Gasteiger partial charge is 0.266 e. The highest BCUT2D eigenvalue weighted by Gasteiger charge is 2.26. The van der Waals surface area contributed by atoms with Gasteiger partial charge >= 0.3 is 0 Å². The second kappa shape index (κ2) is 5.27. The van der Waals surface area contributed by atoms with Gasteiger partial charge < -0.3 is 4.74 Å². The summed E-state index contributed by atoms with van der Waals surface area (Å²) in [5, 5.41) is 1.83. The number of fused-ring (bicyclic) bond motifs is 1. The molecular weight excluding hydrogens is 315 g/mol. The summed E-state index contributed by atoms with van der Waals surface area (Å²) in [6.07, 6.45) is 2.26. The van der Waals surface area contributed by atoms with Crippen LogP contribution in [0, 0.1) is 5.82 Å². The largest absolute Gasteiger partial charge is 0.493 e. The molecule has 8 heteroatoms. The minimum absolute atomic E-state index is 0.145. The van der Waals surface area contributed by atoms with E-state index in [0.717, 1.165) is 17.8 Å². The van der Waals surface area contributed by atoms with Crippen molar-refractivity contribution in [3.63, 3.8) is 0 Å². The Morgan fingerprint density at radius 1 is 1.48 bits per heavy atom. The van der Waals surface area contributed by atoms with E-state index in [0.29, 0.717) is 17.9 Å². The van der Waals surface area contributed by atoms with E-state index < -0.39 is 20.7 Å². The minimum atomic E-state index is -4.02. The number of sulfonamides is 1. The monoisotopic (exact) mass is 328 g/mol. The molecule has 1 atom stereocenters. The van der Waals surface area contributed by atoms with Crippen LogP contribution < -0.4 is 9.46 Å². The zero-order chi connectivity index (χ0) is 15.0. The molecule has 1 aromatic carbocycles. The molecule has 112 valence electrons. The van der Waals surface area contributed by atoms with E-state index in [9.17, 15) is 12.8 Å². The third kappa shape index (κ3) is 2.73. The van der Waals surface area contributed by atoms with Gasteiger partial charge in [0.1, 0.15) is 16.5 Å². The van der Waals surface area contributed by atoms with Crippen molar-refractivity contribution in [1.29, 1.82) is 0 Å². The summed E-state index contributed by atoms with van der Waals surface area (Å²) >= 11 is 1.12. The lowest BCUT2D eigenvalue weighted by Crippen LogP contribution is -2.17. The molecule has 1 aromatic heterocycles. The molecule has 3 rings (SSSR count). The molecule has 0 fully saturated rings. The summed E-state index contributed by atoms with van der Waals surface area (Å²) in [5.41, 5.74) is 0.701. The molecule has 0 saturated heterocycles. The van der Waals surface area contributed by atoms with Crippen LogP contribution in [0.3, 0.4) is 0 Å². The van der Waals surface area contributed by atoms with E-state index in [-0.39, 0.29) is 11.0 Å². The summed E-state index contributed by atoms with van der Waals surface area (Å²) < 4.78 is 46.4. The number of benzene rings is 1. The number of aromatic nitrogens is 1. The van der Waals surface area contributed by atoms with Gasteiger partial charge in [0, 0.05) is 23.2 Å². The Morgan fingerprint density at radius 3 is 3.00 bits per heavy atom. The Balaban J connectivity index is 2.02.